The van der Waals surface area contributed by atoms with Crippen LogP contribution < -0.4 is 0 Å². The first kappa shape index (κ1) is 24.2. The summed E-state index contributed by atoms with van der Waals surface area (Å²) in [5.74, 6) is -0.393. The zero-order valence-corrected chi connectivity index (χ0v) is 21.3. The normalized spacial score (nSPS) is 11.6. The first-order valence-electron chi connectivity index (χ1n) is 10.4. The fraction of sp³-hybridized carbons (Fsp3) is 0.0769. The van der Waals surface area contributed by atoms with E-state index in [9.17, 15) is 8.42 Å². The van der Waals surface area contributed by atoms with Crippen LogP contribution in [0, 0.1) is 0 Å². The van der Waals surface area contributed by atoms with Gasteiger partial charge in [0, 0.05) is 15.6 Å². The molecule has 0 spiro atoms. The number of thiophene rings is 1. The van der Waals surface area contributed by atoms with Gasteiger partial charge in [0.15, 0.2) is 5.94 Å². The molecule has 0 aliphatic rings. The zero-order valence-electron chi connectivity index (χ0n) is 18.0. The molecule has 4 rings (SSSR count). The Kier molecular flexibility index (Phi) is 8.18. The van der Waals surface area contributed by atoms with Crippen LogP contribution in [0.15, 0.2) is 116 Å². The second-order valence-electron chi connectivity index (χ2n) is 7.27. The molecule has 0 bridgehead atoms. The van der Waals surface area contributed by atoms with Crippen LogP contribution in [-0.4, -0.2) is 26.3 Å². The molecular formula is C26H21BrN2O3S2. The second kappa shape index (κ2) is 11.5. The van der Waals surface area contributed by atoms with E-state index in [0.29, 0.717) is 9.35 Å². The monoisotopic (exact) mass is 552 g/mol. The van der Waals surface area contributed by atoms with E-state index in [4.69, 9.17) is 4.74 Å². The van der Waals surface area contributed by atoms with Crippen molar-refractivity contribution >= 4 is 49.0 Å². The van der Waals surface area contributed by atoms with Gasteiger partial charge in [0.25, 0.3) is 0 Å². The largest absolute Gasteiger partial charge is 0.360 e. The van der Waals surface area contributed by atoms with Crippen LogP contribution in [0.3, 0.4) is 0 Å². The molecule has 0 unspecified atom stereocenters. The lowest BCUT2D eigenvalue weighted by Gasteiger charge is -2.05. The van der Waals surface area contributed by atoms with Crippen molar-refractivity contribution in [2.75, 3.05) is 5.94 Å². The van der Waals surface area contributed by atoms with Crippen molar-refractivity contribution in [1.29, 1.82) is 0 Å². The van der Waals surface area contributed by atoms with Crippen molar-refractivity contribution in [3.63, 3.8) is 0 Å². The number of hydrogen-bond donors (Lipinski definition) is 0. The molecule has 0 radical (unpaired) electrons. The Balaban J connectivity index is 1.51. The lowest BCUT2D eigenvalue weighted by molar-refractivity contribution is 0.163. The maximum Gasteiger partial charge on any atom is 0.211 e. The van der Waals surface area contributed by atoms with Crippen LogP contribution in [0.25, 0.3) is 0 Å². The van der Waals surface area contributed by atoms with Gasteiger partial charge < -0.3 is 4.74 Å². The van der Waals surface area contributed by atoms with Gasteiger partial charge in [-0.05, 0) is 27.6 Å². The third-order valence-corrected chi connectivity index (χ3v) is 8.78. The summed E-state index contributed by atoms with van der Waals surface area (Å²) in [6.45, 7) is 0.234. The first-order valence-corrected chi connectivity index (χ1v) is 13.6. The van der Waals surface area contributed by atoms with Crippen molar-refractivity contribution in [1.82, 2.24) is 0 Å². The lowest BCUT2D eigenvalue weighted by Crippen LogP contribution is -2.08. The summed E-state index contributed by atoms with van der Waals surface area (Å²) in [5, 5.41) is 8.72. The number of halogens is 1. The Morgan fingerprint density at radius 1 is 0.882 bits per heavy atom. The topological polar surface area (TPSA) is 68.1 Å². The number of nitrogens with zero attached hydrogens (tertiary/aromatic N) is 2. The molecular weight excluding hydrogens is 532 g/mol. The summed E-state index contributed by atoms with van der Waals surface area (Å²) < 4.78 is 31.8. The first-order chi connectivity index (χ1) is 16.5. The third kappa shape index (κ3) is 6.36. The van der Waals surface area contributed by atoms with Gasteiger partial charge in [0.05, 0.1) is 17.7 Å². The van der Waals surface area contributed by atoms with Gasteiger partial charge in [0.2, 0.25) is 9.84 Å². The molecule has 0 N–H and O–H groups in total. The molecule has 5 nitrogen and oxygen atoms in total. The molecule has 172 valence electrons. The van der Waals surface area contributed by atoms with E-state index in [1.807, 2.05) is 91.0 Å². The van der Waals surface area contributed by atoms with Crippen LogP contribution in [0.2, 0.25) is 0 Å². The van der Waals surface area contributed by atoms with Gasteiger partial charge in [0.1, 0.15) is 9.92 Å². The standard InChI is InChI=1S/C26H21BrN2O3S2/c27-23-16-25(34(30,31)19-32-18-20-10-4-1-5-11-20)33-24(23)17-28-29-26(21-12-6-2-7-13-21)22-14-8-3-9-15-22/h1-17H,18-19H2. The summed E-state index contributed by atoms with van der Waals surface area (Å²) in [5.41, 5.74) is 3.53. The zero-order chi connectivity index (χ0) is 23.8. The van der Waals surface area contributed by atoms with Crippen LogP contribution >= 0.6 is 27.3 Å². The molecule has 0 fully saturated rings. The Bertz CT molecular complexity index is 1340. The minimum Gasteiger partial charge on any atom is -0.360 e. The summed E-state index contributed by atoms with van der Waals surface area (Å²) >= 11 is 4.56. The molecule has 1 heterocycles. The van der Waals surface area contributed by atoms with Crippen molar-refractivity contribution in [2.45, 2.75) is 10.8 Å². The maximum atomic E-state index is 12.7. The molecule has 1 aromatic heterocycles. The number of benzene rings is 3. The minimum atomic E-state index is -3.59. The molecule has 0 atom stereocenters. The van der Waals surface area contributed by atoms with Crippen LogP contribution in [0.1, 0.15) is 21.6 Å². The van der Waals surface area contributed by atoms with E-state index in [0.717, 1.165) is 33.7 Å². The highest BCUT2D eigenvalue weighted by molar-refractivity contribution is 9.10. The quantitative estimate of drug-likeness (QED) is 0.180. The van der Waals surface area contributed by atoms with E-state index in [2.05, 4.69) is 26.1 Å². The molecule has 0 aliphatic heterocycles. The minimum absolute atomic E-state index is 0.212. The van der Waals surface area contributed by atoms with E-state index in [1.54, 1.807) is 12.3 Å². The van der Waals surface area contributed by atoms with E-state index < -0.39 is 15.8 Å². The summed E-state index contributed by atoms with van der Waals surface area (Å²) in [6, 6.07) is 30.6. The van der Waals surface area contributed by atoms with Crippen LogP contribution in [0.4, 0.5) is 0 Å². The Morgan fingerprint density at radius 3 is 2.03 bits per heavy atom. The molecule has 0 saturated carbocycles. The van der Waals surface area contributed by atoms with Gasteiger partial charge >= 0.3 is 0 Å². The predicted octanol–water partition coefficient (Wildman–Crippen LogP) is 6.33. The van der Waals surface area contributed by atoms with Gasteiger partial charge in [-0.3, -0.25) is 0 Å². The third-order valence-electron chi connectivity index (χ3n) is 4.77. The van der Waals surface area contributed by atoms with Crippen molar-refractivity contribution < 1.29 is 13.2 Å². The molecule has 3 aromatic carbocycles. The molecule has 0 amide bonds. The van der Waals surface area contributed by atoms with Crippen molar-refractivity contribution in [3.8, 4) is 0 Å². The average molecular weight is 554 g/mol. The van der Waals surface area contributed by atoms with E-state index in [1.165, 1.54) is 0 Å². The van der Waals surface area contributed by atoms with Gasteiger partial charge in [-0.1, -0.05) is 91.0 Å². The maximum absolute atomic E-state index is 12.7. The SMILES string of the molecule is O=S(=O)(COCc1ccccc1)c1cc(Br)c(C=NN=C(c2ccccc2)c2ccccc2)s1. The second-order valence-corrected chi connectivity index (χ2v) is 11.4. The molecule has 8 heteroatoms. The lowest BCUT2D eigenvalue weighted by atomic mass is 10.0. The number of sulfone groups is 1. The van der Waals surface area contributed by atoms with Crippen LogP contribution in [-0.2, 0) is 21.2 Å². The molecule has 4 aromatic rings. The molecule has 0 saturated heterocycles. The molecule has 0 aliphatic carbocycles. The Hall–Kier alpha value is -2.91. The fourth-order valence-corrected chi connectivity index (χ4v) is 6.28. The fourth-order valence-electron chi connectivity index (χ4n) is 3.12. The average Bonchev–Trinajstić information content (AvgIpc) is 3.25. The number of ether oxygens (including phenoxy) is 1. The van der Waals surface area contributed by atoms with Crippen molar-refractivity contribution in [3.05, 3.63) is 123 Å². The van der Waals surface area contributed by atoms with E-state index >= 15 is 0 Å². The molecule has 34 heavy (non-hydrogen) atoms. The highest BCUT2D eigenvalue weighted by Gasteiger charge is 2.19. The highest BCUT2D eigenvalue weighted by Crippen LogP contribution is 2.30. The summed E-state index contributed by atoms with van der Waals surface area (Å²) in [6.07, 6.45) is 1.56. The van der Waals surface area contributed by atoms with Gasteiger partial charge in [-0.2, -0.15) is 5.10 Å². The van der Waals surface area contributed by atoms with E-state index in [-0.39, 0.29) is 10.8 Å². The van der Waals surface area contributed by atoms with Crippen LogP contribution in [0.5, 0.6) is 0 Å². The van der Waals surface area contributed by atoms with Gasteiger partial charge in [-0.25, -0.2) is 8.42 Å². The Labute approximate surface area is 211 Å². The van der Waals surface area contributed by atoms with Crippen molar-refractivity contribution in [2.24, 2.45) is 10.2 Å². The predicted molar refractivity (Wildman–Crippen MR) is 141 cm³/mol. The van der Waals surface area contributed by atoms with Gasteiger partial charge in [-0.15, -0.1) is 16.4 Å². The Morgan fingerprint density at radius 2 is 1.44 bits per heavy atom. The number of hydrogen-bond acceptors (Lipinski definition) is 6. The summed E-state index contributed by atoms with van der Waals surface area (Å²) in [4.78, 5) is 0.658. The smallest absolute Gasteiger partial charge is 0.211 e. The summed E-state index contributed by atoms with van der Waals surface area (Å²) in [7, 11) is -3.59. The highest BCUT2D eigenvalue weighted by atomic mass is 79.9. The number of rotatable bonds is 9.